The zero-order chi connectivity index (χ0) is 19.1. The highest BCUT2D eigenvalue weighted by atomic mass is 32.1. The van der Waals surface area contributed by atoms with Crippen molar-refractivity contribution in [3.8, 4) is 0 Å². The second kappa shape index (κ2) is 9.61. The van der Waals surface area contributed by atoms with Gasteiger partial charge in [0.1, 0.15) is 5.01 Å². The third-order valence-electron chi connectivity index (χ3n) is 3.87. The highest BCUT2D eigenvalue weighted by Crippen LogP contribution is 2.23. The second-order valence-electron chi connectivity index (χ2n) is 6.81. The number of benzene rings is 1. The molecule has 1 aromatic carbocycles. The van der Waals surface area contributed by atoms with Gasteiger partial charge >= 0.3 is 6.03 Å². The lowest BCUT2D eigenvalue weighted by Gasteiger charge is -2.26. The van der Waals surface area contributed by atoms with Gasteiger partial charge in [0.15, 0.2) is 0 Å². The van der Waals surface area contributed by atoms with Crippen molar-refractivity contribution in [1.82, 2.24) is 20.4 Å². The van der Waals surface area contributed by atoms with Crippen LogP contribution in [0.3, 0.4) is 0 Å². The highest BCUT2D eigenvalue weighted by Gasteiger charge is 2.22. The molecule has 0 radical (unpaired) electrons. The number of nitrogens with zero attached hydrogens (tertiary/aromatic N) is 3. The molecule has 1 aromatic heterocycles. The van der Waals surface area contributed by atoms with Crippen molar-refractivity contribution >= 4 is 22.5 Å². The zero-order valence-electron chi connectivity index (χ0n) is 15.6. The fraction of sp³-hybridized carbons (Fsp3) is 0.500. The molecular formula is C18H27N5O2S. The smallest absolute Gasteiger partial charge is 0.321 e. The summed E-state index contributed by atoms with van der Waals surface area (Å²) >= 11 is 1.37. The number of aliphatic hydroxyl groups excluding tert-OH is 1. The summed E-state index contributed by atoms with van der Waals surface area (Å²) in [6, 6.07) is 9.14. The van der Waals surface area contributed by atoms with Crippen LogP contribution in [-0.4, -0.2) is 53.4 Å². The van der Waals surface area contributed by atoms with Gasteiger partial charge in [-0.25, -0.2) is 4.79 Å². The lowest BCUT2D eigenvalue weighted by Crippen LogP contribution is -2.39. The largest absolute Gasteiger partial charge is 0.388 e. The van der Waals surface area contributed by atoms with Crippen molar-refractivity contribution in [1.29, 1.82) is 0 Å². The number of aromatic nitrogens is 2. The van der Waals surface area contributed by atoms with E-state index in [2.05, 4.69) is 20.8 Å². The summed E-state index contributed by atoms with van der Waals surface area (Å²) in [5, 5.41) is 25.6. The molecule has 142 valence electrons. The lowest BCUT2D eigenvalue weighted by molar-refractivity contribution is 0.0911. The minimum Gasteiger partial charge on any atom is -0.388 e. The molecule has 7 nitrogen and oxygen atoms in total. The fourth-order valence-corrected chi connectivity index (χ4v) is 3.29. The van der Waals surface area contributed by atoms with Gasteiger partial charge in [-0.1, -0.05) is 55.5 Å². The zero-order valence-corrected chi connectivity index (χ0v) is 16.5. The molecule has 3 N–H and O–H groups in total. The first-order valence-corrected chi connectivity index (χ1v) is 9.44. The number of carbonyl (C=O) groups is 1. The monoisotopic (exact) mass is 377 g/mol. The van der Waals surface area contributed by atoms with Crippen LogP contribution in [0.15, 0.2) is 30.3 Å². The average Bonchev–Trinajstić information content (AvgIpc) is 3.07. The number of anilines is 1. The number of urea groups is 1. The van der Waals surface area contributed by atoms with Crippen molar-refractivity contribution in [2.24, 2.45) is 5.92 Å². The Balaban J connectivity index is 1.94. The molecule has 0 aliphatic rings. The Morgan fingerprint density at radius 3 is 2.50 bits per heavy atom. The van der Waals surface area contributed by atoms with Crippen molar-refractivity contribution in [2.75, 3.05) is 32.5 Å². The lowest BCUT2D eigenvalue weighted by atomic mass is 9.95. The number of carbonyl (C=O) groups excluding carboxylic acids is 1. The van der Waals surface area contributed by atoms with Gasteiger partial charge in [0.05, 0.1) is 6.10 Å². The van der Waals surface area contributed by atoms with E-state index in [1.165, 1.54) is 11.3 Å². The third-order valence-corrected chi connectivity index (χ3v) is 5.01. The summed E-state index contributed by atoms with van der Waals surface area (Å²) < 4.78 is 0. The Morgan fingerprint density at radius 2 is 1.92 bits per heavy atom. The molecule has 2 amide bonds. The number of hydrogen-bond donors (Lipinski definition) is 3. The summed E-state index contributed by atoms with van der Waals surface area (Å²) in [5.41, 5.74) is 0.840. The Kier molecular flexibility index (Phi) is 7.50. The normalized spacial score (nSPS) is 13.7. The van der Waals surface area contributed by atoms with E-state index in [4.69, 9.17) is 0 Å². The van der Waals surface area contributed by atoms with E-state index in [0.717, 1.165) is 10.6 Å². The standard InChI is InChI=1S/C18H27N5O2S/c1-12(2)16-21-22-18(26-16)20-17(25)19-10-14(11-23(3)4)15(24)13-8-6-5-7-9-13/h5-9,12,14-15,24H,10-11H2,1-4H3,(H2,19,20,22,25)/t14-,15-/m1/s1. The van der Waals surface area contributed by atoms with Crippen molar-refractivity contribution < 1.29 is 9.90 Å². The summed E-state index contributed by atoms with van der Waals surface area (Å²) in [6.45, 7) is 5.05. The number of rotatable bonds is 8. The molecule has 1 heterocycles. The Morgan fingerprint density at radius 1 is 1.23 bits per heavy atom. The molecule has 26 heavy (non-hydrogen) atoms. The molecule has 0 bridgehead atoms. The van der Waals surface area contributed by atoms with Crippen LogP contribution in [0.25, 0.3) is 0 Å². The van der Waals surface area contributed by atoms with Crippen LogP contribution in [0.1, 0.15) is 36.4 Å². The molecule has 0 fully saturated rings. The summed E-state index contributed by atoms with van der Waals surface area (Å²) in [6.07, 6.45) is -0.659. The Bertz CT molecular complexity index is 690. The van der Waals surface area contributed by atoms with Gasteiger partial charge in [-0.3, -0.25) is 5.32 Å². The van der Waals surface area contributed by atoms with E-state index >= 15 is 0 Å². The Hall–Kier alpha value is -2.03. The maximum absolute atomic E-state index is 12.2. The number of nitrogens with one attached hydrogen (secondary N) is 2. The first-order valence-electron chi connectivity index (χ1n) is 8.62. The molecule has 2 atom stereocenters. The molecule has 2 aromatic rings. The quantitative estimate of drug-likeness (QED) is 0.658. The van der Waals surface area contributed by atoms with E-state index in [-0.39, 0.29) is 17.9 Å². The van der Waals surface area contributed by atoms with Gasteiger partial charge in [0.2, 0.25) is 5.13 Å². The topological polar surface area (TPSA) is 90.4 Å². The third kappa shape index (κ3) is 6.05. The number of amides is 2. The van der Waals surface area contributed by atoms with Crippen LogP contribution in [0.4, 0.5) is 9.93 Å². The molecule has 2 rings (SSSR count). The summed E-state index contributed by atoms with van der Waals surface area (Å²) in [4.78, 5) is 14.2. The SMILES string of the molecule is CC(C)c1nnc(NC(=O)NC[C@H](CN(C)C)[C@H](O)c2ccccc2)s1. The maximum Gasteiger partial charge on any atom is 0.321 e. The van der Waals surface area contributed by atoms with Gasteiger partial charge in [0, 0.05) is 24.9 Å². The molecule has 0 unspecified atom stereocenters. The van der Waals surface area contributed by atoms with Crippen LogP contribution < -0.4 is 10.6 Å². The van der Waals surface area contributed by atoms with Gasteiger partial charge in [-0.2, -0.15) is 0 Å². The predicted octanol–water partition coefficient (Wildman–Crippen LogP) is 2.69. The van der Waals surface area contributed by atoms with Crippen molar-refractivity contribution in [3.05, 3.63) is 40.9 Å². The predicted molar refractivity (Wildman–Crippen MR) is 104 cm³/mol. The van der Waals surface area contributed by atoms with Crippen LogP contribution in [0.2, 0.25) is 0 Å². The molecule has 0 saturated carbocycles. The second-order valence-corrected chi connectivity index (χ2v) is 7.82. The first-order chi connectivity index (χ1) is 12.4. The number of hydrogen-bond acceptors (Lipinski definition) is 6. The van der Waals surface area contributed by atoms with Crippen LogP contribution in [0.5, 0.6) is 0 Å². The van der Waals surface area contributed by atoms with E-state index in [1.807, 2.05) is 63.2 Å². The molecular weight excluding hydrogens is 350 g/mol. The van der Waals surface area contributed by atoms with E-state index in [0.29, 0.717) is 18.2 Å². The molecule has 0 spiro atoms. The van der Waals surface area contributed by atoms with Crippen molar-refractivity contribution in [2.45, 2.75) is 25.9 Å². The first kappa shape index (κ1) is 20.3. The summed E-state index contributed by atoms with van der Waals surface area (Å²) in [7, 11) is 3.89. The van der Waals surface area contributed by atoms with Gasteiger partial charge in [-0.05, 0) is 19.7 Å². The fourth-order valence-electron chi connectivity index (χ4n) is 2.55. The minimum atomic E-state index is -0.659. The molecule has 8 heteroatoms. The van der Waals surface area contributed by atoms with E-state index < -0.39 is 6.10 Å². The van der Waals surface area contributed by atoms with Crippen LogP contribution >= 0.6 is 11.3 Å². The van der Waals surface area contributed by atoms with Gasteiger partial charge < -0.3 is 15.3 Å². The van der Waals surface area contributed by atoms with Gasteiger partial charge in [-0.15, -0.1) is 10.2 Å². The van der Waals surface area contributed by atoms with Gasteiger partial charge in [0.25, 0.3) is 0 Å². The highest BCUT2D eigenvalue weighted by molar-refractivity contribution is 7.15. The molecule has 0 saturated heterocycles. The van der Waals surface area contributed by atoms with Crippen LogP contribution in [-0.2, 0) is 0 Å². The summed E-state index contributed by atoms with van der Waals surface area (Å²) in [5.74, 6) is 0.135. The van der Waals surface area contributed by atoms with Crippen LogP contribution in [0, 0.1) is 5.92 Å². The van der Waals surface area contributed by atoms with E-state index in [9.17, 15) is 9.90 Å². The average molecular weight is 378 g/mol. The molecule has 0 aliphatic heterocycles. The minimum absolute atomic E-state index is 0.140. The maximum atomic E-state index is 12.2. The Labute approximate surface area is 158 Å². The van der Waals surface area contributed by atoms with E-state index in [1.54, 1.807) is 0 Å². The molecule has 0 aliphatic carbocycles. The number of aliphatic hydroxyl groups is 1. The van der Waals surface area contributed by atoms with Crippen molar-refractivity contribution in [3.63, 3.8) is 0 Å².